The van der Waals surface area contributed by atoms with Crippen molar-refractivity contribution in [3.63, 3.8) is 0 Å². The molecule has 0 bridgehead atoms. The van der Waals surface area contributed by atoms with Gasteiger partial charge in [0.05, 0.1) is 12.0 Å². The summed E-state index contributed by atoms with van der Waals surface area (Å²) in [5.74, 6) is 1.24. The van der Waals surface area contributed by atoms with Crippen LogP contribution in [-0.2, 0) is 5.41 Å². The lowest BCUT2D eigenvalue weighted by Gasteiger charge is -2.42. The van der Waals surface area contributed by atoms with Crippen molar-refractivity contribution in [2.24, 2.45) is 4.99 Å². The van der Waals surface area contributed by atoms with Crippen molar-refractivity contribution in [1.29, 1.82) is 0 Å². The van der Waals surface area contributed by atoms with Crippen LogP contribution in [0.25, 0.3) is 0 Å². The van der Waals surface area contributed by atoms with Gasteiger partial charge in [0.1, 0.15) is 5.84 Å². The predicted octanol–water partition coefficient (Wildman–Crippen LogP) is 2.11. The van der Waals surface area contributed by atoms with E-state index in [0.717, 1.165) is 13.1 Å². The molecule has 1 heterocycles. The molecule has 2 aliphatic rings. The van der Waals surface area contributed by atoms with E-state index in [2.05, 4.69) is 40.6 Å². The number of nitrogens with zero attached hydrogens (tertiary/aromatic N) is 1. The summed E-state index contributed by atoms with van der Waals surface area (Å²) in [6.45, 7) is 1.97. The molecule has 1 aliphatic carbocycles. The second-order valence-electron chi connectivity index (χ2n) is 4.46. The molecule has 0 aromatic heterocycles. The summed E-state index contributed by atoms with van der Waals surface area (Å²) in [6, 6.07) is 10.8. The minimum atomic E-state index is 0.234. The largest absolute Gasteiger partial charge is 0.371 e. The van der Waals surface area contributed by atoms with Crippen molar-refractivity contribution < 1.29 is 0 Å². The first-order valence-electron chi connectivity index (χ1n) is 5.76. The van der Waals surface area contributed by atoms with Gasteiger partial charge in [-0.25, -0.2) is 0 Å². The van der Waals surface area contributed by atoms with Crippen LogP contribution in [0.3, 0.4) is 0 Å². The summed E-state index contributed by atoms with van der Waals surface area (Å²) < 4.78 is 0. The maximum Gasteiger partial charge on any atom is 0.107 e. The summed E-state index contributed by atoms with van der Waals surface area (Å²) in [5, 5.41) is 3.45. The van der Waals surface area contributed by atoms with Gasteiger partial charge in [0.2, 0.25) is 0 Å². The predicted molar refractivity (Wildman–Crippen MR) is 62.3 cm³/mol. The second-order valence-corrected chi connectivity index (χ2v) is 4.46. The number of rotatable bonds is 2. The topological polar surface area (TPSA) is 24.4 Å². The van der Waals surface area contributed by atoms with E-state index >= 15 is 0 Å². The fourth-order valence-corrected chi connectivity index (χ4v) is 2.67. The molecule has 0 atom stereocenters. The average molecular weight is 200 g/mol. The van der Waals surface area contributed by atoms with Crippen LogP contribution in [0.5, 0.6) is 0 Å². The Morgan fingerprint density at radius 1 is 1.13 bits per heavy atom. The maximum absolute atomic E-state index is 4.61. The quantitative estimate of drug-likeness (QED) is 0.777. The zero-order valence-corrected chi connectivity index (χ0v) is 8.87. The number of hydrogen-bond acceptors (Lipinski definition) is 2. The molecule has 2 nitrogen and oxygen atoms in total. The fraction of sp³-hybridized carbons (Fsp3) is 0.462. The van der Waals surface area contributed by atoms with Gasteiger partial charge in [0.15, 0.2) is 0 Å². The molecule has 0 amide bonds. The lowest BCUT2D eigenvalue weighted by atomic mass is 9.63. The van der Waals surface area contributed by atoms with Gasteiger partial charge in [0, 0.05) is 6.54 Å². The molecular weight excluding hydrogens is 184 g/mol. The molecule has 2 heteroatoms. The van der Waals surface area contributed by atoms with Crippen LogP contribution >= 0.6 is 0 Å². The highest BCUT2D eigenvalue weighted by Gasteiger charge is 2.44. The third-order valence-corrected chi connectivity index (χ3v) is 3.66. The molecule has 78 valence electrons. The zero-order chi connectivity index (χ0) is 10.1. The van der Waals surface area contributed by atoms with Crippen LogP contribution in [0.15, 0.2) is 35.3 Å². The maximum atomic E-state index is 4.61. The molecule has 0 saturated heterocycles. The Hall–Kier alpha value is -1.31. The van der Waals surface area contributed by atoms with Gasteiger partial charge < -0.3 is 5.32 Å². The van der Waals surface area contributed by atoms with Crippen LogP contribution in [0.2, 0.25) is 0 Å². The Morgan fingerprint density at radius 2 is 1.93 bits per heavy atom. The normalized spacial score (nSPS) is 22.8. The van der Waals surface area contributed by atoms with Gasteiger partial charge in [-0.15, -0.1) is 0 Å². The third-order valence-electron chi connectivity index (χ3n) is 3.66. The first kappa shape index (κ1) is 8.96. The molecule has 1 aliphatic heterocycles. The molecule has 1 aromatic carbocycles. The number of benzene rings is 1. The molecule has 0 spiro atoms. The third kappa shape index (κ3) is 1.28. The Balaban J connectivity index is 1.99. The van der Waals surface area contributed by atoms with Crippen LogP contribution in [0, 0.1) is 0 Å². The van der Waals surface area contributed by atoms with Crippen molar-refractivity contribution in [3.05, 3.63) is 35.9 Å². The Kier molecular flexibility index (Phi) is 2.01. The molecular formula is C13H16N2. The molecule has 15 heavy (non-hydrogen) atoms. The zero-order valence-electron chi connectivity index (χ0n) is 8.87. The average Bonchev–Trinajstić information content (AvgIpc) is 2.72. The smallest absolute Gasteiger partial charge is 0.107 e. The lowest BCUT2D eigenvalue weighted by Crippen LogP contribution is -2.47. The number of hydrogen-bond donors (Lipinski definition) is 1. The van der Waals surface area contributed by atoms with Gasteiger partial charge in [0.25, 0.3) is 0 Å². The molecule has 0 radical (unpaired) electrons. The van der Waals surface area contributed by atoms with E-state index in [0.29, 0.717) is 0 Å². The second kappa shape index (κ2) is 3.37. The fourth-order valence-electron chi connectivity index (χ4n) is 2.67. The number of aliphatic imine (C=N–C) groups is 1. The van der Waals surface area contributed by atoms with Crippen molar-refractivity contribution in [3.8, 4) is 0 Å². The van der Waals surface area contributed by atoms with Crippen LogP contribution in [0.4, 0.5) is 0 Å². The molecule has 3 rings (SSSR count). The van der Waals surface area contributed by atoms with Gasteiger partial charge in [-0.05, 0) is 18.4 Å². The summed E-state index contributed by atoms with van der Waals surface area (Å²) in [5.41, 5.74) is 1.67. The van der Waals surface area contributed by atoms with E-state index in [1.165, 1.54) is 30.7 Å². The minimum absolute atomic E-state index is 0.234. The Labute approximate surface area is 90.4 Å². The summed E-state index contributed by atoms with van der Waals surface area (Å²) in [7, 11) is 0. The minimum Gasteiger partial charge on any atom is -0.371 e. The van der Waals surface area contributed by atoms with Crippen molar-refractivity contribution in [1.82, 2.24) is 5.32 Å². The van der Waals surface area contributed by atoms with Crippen molar-refractivity contribution in [2.75, 3.05) is 13.1 Å². The van der Waals surface area contributed by atoms with Crippen molar-refractivity contribution >= 4 is 5.84 Å². The van der Waals surface area contributed by atoms with Gasteiger partial charge in [-0.1, -0.05) is 36.8 Å². The summed E-state index contributed by atoms with van der Waals surface area (Å²) in [4.78, 5) is 4.61. The highest BCUT2D eigenvalue weighted by molar-refractivity contribution is 5.95. The Bertz CT molecular complexity index is 377. The molecule has 1 N–H and O–H groups in total. The first-order valence-corrected chi connectivity index (χ1v) is 5.76. The SMILES string of the molecule is c1ccc(C2(C3=NCCN3)CCC2)cc1. The van der Waals surface area contributed by atoms with E-state index < -0.39 is 0 Å². The molecule has 1 aromatic rings. The monoisotopic (exact) mass is 200 g/mol. The molecule has 1 saturated carbocycles. The van der Waals surface area contributed by atoms with Gasteiger partial charge in [-0.3, -0.25) is 4.99 Å². The van der Waals surface area contributed by atoms with Gasteiger partial charge >= 0.3 is 0 Å². The number of amidine groups is 1. The summed E-state index contributed by atoms with van der Waals surface area (Å²) in [6.07, 6.45) is 3.83. The van der Waals surface area contributed by atoms with E-state index in [4.69, 9.17) is 0 Å². The van der Waals surface area contributed by atoms with Crippen LogP contribution < -0.4 is 5.32 Å². The Morgan fingerprint density at radius 3 is 2.47 bits per heavy atom. The first-order chi connectivity index (χ1) is 7.42. The standard InChI is InChI=1S/C13H16N2/c1-2-5-11(6-3-1)13(7-4-8-13)12-14-9-10-15-12/h1-3,5-6H,4,7-10H2,(H,14,15). The summed E-state index contributed by atoms with van der Waals surface area (Å²) >= 11 is 0. The highest BCUT2D eigenvalue weighted by atomic mass is 15.1. The van der Waals surface area contributed by atoms with E-state index in [9.17, 15) is 0 Å². The lowest BCUT2D eigenvalue weighted by molar-refractivity contribution is 0.335. The van der Waals surface area contributed by atoms with Gasteiger partial charge in [-0.2, -0.15) is 0 Å². The molecule has 1 fully saturated rings. The van der Waals surface area contributed by atoms with Crippen LogP contribution in [0.1, 0.15) is 24.8 Å². The van der Waals surface area contributed by atoms with E-state index in [1.54, 1.807) is 0 Å². The molecule has 0 unspecified atom stereocenters. The highest BCUT2D eigenvalue weighted by Crippen LogP contribution is 2.44. The van der Waals surface area contributed by atoms with E-state index in [1.807, 2.05) is 0 Å². The van der Waals surface area contributed by atoms with Crippen molar-refractivity contribution in [2.45, 2.75) is 24.7 Å². The van der Waals surface area contributed by atoms with E-state index in [-0.39, 0.29) is 5.41 Å². The van der Waals surface area contributed by atoms with Crippen LogP contribution in [-0.4, -0.2) is 18.9 Å². The number of nitrogens with one attached hydrogen (secondary N) is 1.